The van der Waals surface area contributed by atoms with E-state index in [-0.39, 0.29) is 5.82 Å². The minimum atomic E-state index is -0.244. The fraction of sp³-hybridized carbons (Fsp3) is 0.583. The van der Waals surface area contributed by atoms with Crippen molar-refractivity contribution in [3.63, 3.8) is 0 Å². The summed E-state index contributed by atoms with van der Waals surface area (Å²) in [6.07, 6.45) is 3.84. The van der Waals surface area contributed by atoms with Gasteiger partial charge in [-0.2, -0.15) is 0 Å². The van der Waals surface area contributed by atoms with Gasteiger partial charge < -0.3 is 10.2 Å². The van der Waals surface area contributed by atoms with Crippen LogP contribution in [0.4, 0.5) is 10.2 Å². The number of hydrogen-bond donors (Lipinski definition) is 1. The van der Waals surface area contributed by atoms with E-state index >= 15 is 0 Å². The molecule has 1 aliphatic heterocycles. The van der Waals surface area contributed by atoms with Crippen molar-refractivity contribution in [3.05, 3.63) is 22.6 Å². The molecule has 1 N–H and O–H groups in total. The Balaban J connectivity index is 2.00. The number of nitrogens with zero attached hydrogens (tertiary/aromatic N) is 2. The summed E-state index contributed by atoms with van der Waals surface area (Å²) in [4.78, 5) is 6.20. The second kappa shape index (κ2) is 5.78. The Labute approximate surface area is 110 Å². The monoisotopic (exact) mass is 301 g/mol. The van der Waals surface area contributed by atoms with Gasteiger partial charge in [-0.3, -0.25) is 0 Å². The molecule has 1 aromatic rings. The van der Waals surface area contributed by atoms with Gasteiger partial charge in [0, 0.05) is 23.8 Å². The average Bonchev–Trinajstić information content (AvgIpc) is 2.31. The highest BCUT2D eigenvalue weighted by atomic mass is 79.9. The molecule has 0 bridgehead atoms. The quantitative estimate of drug-likeness (QED) is 0.929. The number of pyridine rings is 1. The molecule has 1 fully saturated rings. The van der Waals surface area contributed by atoms with E-state index in [0.29, 0.717) is 16.2 Å². The Morgan fingerprint density at radius 2 is 2.24 bits per heavy atom. The maximum atomic E-state index is 13.7. The molecule has 94 valence electrons. The molecule has 2 heterocycles. The lowest BCUT2D eigenvalue weighted by Crippen LogP contribution is -2.37. The first-order valence-corrected chi connectivity index (χ1v) is 6.70. The Kier molecular flexibility index (Phi) is 4.34. The molecule has 5 heteroatoms. The Morgan fingerprint density at radius 1 is 1.53 bits per heavy atom. The van der Waals surface area contributed by atoms with E-state index in [0.717, 1.165) is 32.5 Å². The van der Waals surface area contributed by atoms with Crippen LogP contribution in [0.2, 0.25) is 0 Å². The summed E-state index contributed by atoms with van der Waals surface area (Å²) in [5, 5.41) is 3.20. The Morgan fingerprint density at radius 3 is 2.82 bits per heavy atom. The van der Waals surface area contributed by atoms with Gasteiger partial charge in [0.25, 0.3) is 0 Å². The van der Waals surface area contributed by atoms with E-state index in [2.05, 4.69) is 26.2 Å². The number of anilines is 1. The average molecular weight is 302 g/mol. The fourth-order valence-electron chi connectivity index (χ4n) is 2.28. The highest BCUT2D eigenvalue weighted by molar-refractivity contribution is 9.10. The van der Waals surface area contributed by atoms with Gasteiger partial charge in [0.15, 0.2) is 11.6 Å². The molecule has 2 rings (SSSR count). The van der Waals surface area contributed by atoms with Crippen molar-refractivity contribution in [2.75, 3.05) is 31.6 Å². The molecular weight excluding hydrogens is 285 g/mol. The Hall–Kier alpha value is -0.680. The number of hydrogen-bond acceptors (Lipinski definition) is 3. The van der Waals surface area contributed by atoms with Crippen molar-refractivity contribution in [3.8, 4) is 0 Å². The Bertz CT molecular complexity index is 378. The number of rotatable bonds is 3. The third-order valence-electron chi connectivity index (χ3n) is 3.20. The largest absolute Gasteiger partial charge is 0.354 e. The van der Waals surface area contributed by atoms with E-state index in [9.17, 15) is 4.39 Å². The summed E-state index contributed by atoms with van der Waals surface area (Å²) in [6.45, 7) is 2.82. The summed E-state index contributed by atoms with van der Waals surface area (Å²) < 4.78 is 14.4. The predicted molar refractivity (Wildman–Crippen MR) is 70.8 cm³/mol. The SMILES string of the molecule is CNCC1CCN(c2ncc(Br)cc2F)CC1. The first kappa shape index (κ1) is 12.8. The molecule has 1 aromatic heterocycles. The predicted octanol–water partition coefficient (Wildman–Crippen LogP) is 2.42. The first-order valence-electron chi connectivity index (χ1n) is 5.91. The van der Waals surface area contributed by atoms with Crippen molar-refractivity contribution >= 4 is 21.7 Å². The molecule has 1 saturated heterocycles. The van der Waals surface area contributed by atoms with Crippen LogP contribution in [0.25, 0.3) is 0 Å². The van der Waals surface area contributed by atoms with Crippen LogP contribution in [0.5, 0.6) is 0 Å². The van der Waals surface area contributed by atoms with Gasteiger partial charge in [0.05, 0.1) is 0 Å². The summed E-state index contributed by atoms with van der Waals surface area (Å²) in [6, 6.07) is 1.47. The fourth-order valence-corrected chi connectivity index (χ4v) is 2.58. The standard InChI is InChI=1S/C12H17BrFN3/c1-15-7-9-2-4-17(5-3-9)12-11(14)6-10(13)8-16-12/h6,8-9,15H,2-5,7H2,1H3. The molecule has 0 atom stereocenters. The van der Waals surface area contributed by atoms with Crippen LogP contribution in [-0.4, -0.2) is 31.7 Å². The zero-order chi connectivity index (χ0) is 12.3. The zero-order valence-corrected chi connectivity index (χ0v) is 11.5. The van der Waals surface area contributed by atoms with Crippen LogP contribution in [0.1, 0.15) is 12.8 Å². The normalized spacial score (nSPS) is 17.5. The highest BCUT2D eigenvalue weighted by Crippen LogP contribution is 2.25. The number of halogens is 2. The molecule has 0 aromatic carbocycles. The lowest BCUT2D eigenvalue weighted by Gasteiger charge is -2.32. The summed E-state index contributed by atoms with van der Waals surface area (Å²) in [5.74, 6) is 0.942. The second-order valence-electron chi connectivity index (χ2n) is 4.45. The van der Waals surface area contributed by atoms with Crippen molar-refractivity contribution in [1.82, 2.24) is 10.3 Å². The molecule has 0 aliphatic carbocycles. The van der Waals surface area contributed by atoms with Gasteiger partial charge in [0.2, 0.25) is 0 Å². The van der Waals surface area contributed by atoms with E-state index in [1.807, 2.05) is 11.9 Å². The second-order valence-corrected chi connectivity index (χ2v) is 5.36. The molecule has 0 spiro atoms. The van der Waals surface area contributed by atoms with Crippen LogP contribution >= 0.6 is 15.9 Å². The van der Waals surface area contributed by atoms with Gasteiger partial charge in [-0.1, -0.05) is 0 Å². The minimum Gasteiger partial charge on any atom is -0.354 e. The van der Waals surface area contributed by atoms with E-state index in [1.165, 1.54) is 6.07 Å². The highest BCUT2D eigenvalue weighted by Gasteiger charge is 2.21. The molecule has 0 radical (unpaired) electrons. The van der Waals surface area contributed by atoms with Gasteiger partial charge in [0.1, 0.15) is 0 Å². The molecule has 0 amide bonds. The van der Waals surface area contributed by atoms with Crippen LogP contribution in [0.15, 0.2) is 16.7 Å². The third-order valence-corrected chi connectivity index (χ3v) is 3.63. The van der Waals surface area contributed by atoms with Crippen molar-refractivity contribution in [1.29, 1.82) is 0 Å². The van der Waals surface area contributed by atoms with Gasteiger partial charge in [-0.15, -0.1) is 0 Å². The van der Waals surface area contributed by atoms with Crippen molar-refractivity contribution in [2.45, 2.75) is 12.8 Å². The minimum absolute atomic E-state index is 0.244. The maximum absolute atomic E-state index is 13.7. The van der Waals surface area contributed by atoms with Gasteiger partial charge >= 0.3 is 0 Å². The number of nitrogens with one attached hydrogen (secondary N) is 1. The summed E-state index contributed by atoms with van der Waals surface area (Å²) in [7, 11) is 1.97. The summed E-state index contributed by atoms with van der Waals surface area (Å²) in [5.41, 5.74) is 0. The van der Waals surface area contributed by atoms with Crippen molar-refractivity contribution < 1.29 is 4.39 Å². The zero-order valence-electron chi connectivity index (χ0n) is 9.92. The molecule has 0 saturated carbocycles. The van der Waals surface area contributed by atoms with Gasteiger partial charge in [-0.05, 0) is 54.3 Å². The maximum Gasteiger partial charge on any atom is 0.166 e. The van der Waals surface area contributed by atoms with Crippen LogP contribution in [-0.2, 0) is 0 Å². The lowest BCUT2D eigenvalue weighted by molar-refractivity contribution is 0.389. The van der Waals surface area contributed by atoms with E-state index < -0.39 is 0 Å². The topological polar surface area (TPSA) is 28.2 Å². The smallest absolute Gasteiger partial charge is 0.166 e. The number of aromatic nitrogens is 1. The molecule has 1 aliphatic rings. The molecule has 0 unspecified atom stereocenters. The summed E-state index contributed by atoms with van der Waals surface area (Å²) >= 11 is 3.22. The number of piperidine rings is 1. The van der Waals surface area contributed by atoms with Crippen molar-refractivity contribution in [2.24, 2.45) is 5.92 Å². The lowest BCUT2D eigenvalue weighted by atomic mass is 9.97. The van der Waals surface area contributed by atoms with E-state index in [4.69, 9.17) is 0 Å². The first-order chi connectivity index (χ1) is 8.20. The molecular formula is C12H17BrFN3. The van der Waals surface area contributed by atoms with Crippen LogP contribution < -0.4 is 10.2 Å². The van der Waals surface area contributed by atoms with Crippen LogP contribution in [0, 0.1) is 11.7 Å². The third kappa shape index (κ3) is 3.16. The molecule has 3 nitrogen and oxygen atoms in total. The molecule has 17 heavy (non-hydrogen) atoms. The van der Waals surface area contributed by atoms with Gasteiger partial charge in [-0.25, -0.2) is 9.37 Å². The van der Waals surface area contributed by atoms with Crippen LogP contribution in [0.3, 0.4) is 0 Å². The van der Waals surface area contributed by atoms with E-state index in [1.54, 1.807) is 6.20 Å².